The molecule has 1 fully saturated rings. The molecule has 0 aromatic carbocycles. The van der Waals surface area contributed by atoms with Crippen molar-refractivity contribution in [1.82, 2.24) is 0 Å². The van der Waals surface area contributed by atoms with E-state index in [1.807, 2.05) is 0 Å². The lowest BCUT2D eigenvalue weighted by Crippen LogP contribution is -2.59. The average molecular weight is 352 g/mol. The predicted molar refractivity (Wildman–Crippen MR) is 50.7 cm³/mol. The Morgan fingerprint density at radius 3 is 1.91 bits per heavy atom. The lowest BCUT2D eigenvalue weighted by molar-refractivity contribution is -0.406. The Labute approximate surface area is 117 Å². The molecule has 2 atom stereocenters. The molecule has 22 heavy (non-hydrogen) atoms. The maximum atomic E-state index is 13.1. The Morgan fingerprint density at radius 2 is 1.50 bits per heavy atom. The van der Waals surface area contributed by atoms with Crippen LogP contribution < -0.4 is 0 Å². The molecule has 0 radical (unpaired) electrons. The Balaban J connectivity index is 2.76. The van der Waals surface area contributed by atoms with Crippen molar-refractivity contribution in [2.45, 2.75) is 49.2 Å². The van der Waals surface area contributed by atoms with Crippen molar-refractivity contribution < 1.29 is 53.4 Å². The predicted octanol–water partition coefficient (Wildman–Crippen LogP) is 3.95. The zero-order chi connectivity index (χ0) is 17.4. The standard InChI is InChI=1S/C10H10F10O2/c11-6(1-2-7(12,13)14)8(15,16)9(17,18)10(19,20)22-4-5-3-21-5/h5-6H,1-4H2. The average Bonchev–Trinajstić information content (AvgIpc) is 3.16. The Hall–Kier alpha value is -0.780. The summed E-state index contributed by atoms with van der Waals surface area (Å²) in [6.07, 6.45) is -20.2. The van der Waals surface area contributed by atoms with Crippen LogP contribution in [0.5, 0.6) is 0 Å². The van der Waals surface area contributed by atoms with Crippen molar-refractivity contribution in [3.05, 3.63) is 0 Å². The largest absolute Gasteiger partial charge is 0.425 e. The molecule has 0 spiro atoms. The summed E-state index contributed by atoms with van der Waals surface area (Å²) in [7, 11) is 0. The minimum absolute atomic E-state index is 0.102. The molecule has 1 aliphatic heterocycles. The van der Waals surface area contributed by atoms with Gasteiger partial charge in [0, 0.05) is 6.42 Å². The second kappa shape index (κ2) is 6.02. The Kier molecular flexibility index (Phi) is 5.27. The van der Waals surface area contributed by atoms with E-state index >= 15 is 0 Å². The van der Waals surface area contributed by atoms with E-state index in [1.165, 1.54) is 0 Å². The molecular weight excluding hydrogens is 342 g/mol. The fourth-order valence-electron chi connectivity index (χ4n) is 1.31. The van der Waals surface area contributed by atoms with Crippen molar-refractivity contribution in [3.8, 4) is 0 Å². The van der Waals surface area contributed by atoms with Gasteiger partial charge in [-0.2, -0.15) is 39.5 Å². The van der Waals surface area contributed by atoms with Crippen LogP contribution in [0.4, 0.5) is 43.9 Å². The van der Waals surface area contributed by atoms with E-state index in [9.17, 15) is 43.9 Å². The minimum Gasteiger partial charge on any atom is -0.371 e. The smallest absolute Gasteiger partial charge is 0.371 e. The SMILES string of the molecule is FC(CCC(F)(F)F)C(F)(F)C(F)(F)C(F)(F)OCC1CO1. The molecule has 0 amide bonds. The van der Waals surface area contributed by atoms with E-state index in [-0.39, 0.29) is 6.61 Å². The molecule has 12 heteroatoms. The zero-order valence-corrected chi connectivity index (χ0v) is 10.6. The van der Waals surface area contributed by atoms with Gasteiger partial charge in [-0.1, -0.05) is 0 Å². The normalized spacial score (nSPS) is 21.8. The first-order valence-electron chi connectivity index (χ1n) is 5.80. The van der Waals surface area contributed by atoms with Gasteiger partial charge in [0.25, 0.3) is 0 Å². The number of halogens is 10. The lowest BCUT2D eigenvalue weighted by Gasteiger charge is -2.33. The van der Waals surface area contributed by atoms with E-state index < -0.39 is 55.9 Å². The van der Waals surface area contributed by atoms with Crippen molar-refractivity contribution in [2.75, 3.05) is 13.2 Å². The Bertz CT molecular complexity index is 376. The maximum absolute atomic E-state index is 13.1. The molecule has 0 aliphatic carbocycles. The summed E-state index contributed by atoms with van der Waals surface area (Å²) in [6.45, 7) is -1.24. The summed E-state index contributed by atoms with van der Waals surface area (Å²) in [6, 6.07) is 0. The first-order valence-corrected chi connectivity index (χ1v) is 5.80. The van der Waals surface area contributed by atoms with E-state index in [0.29, 0.717) is 0 Å². The highest BCUT2D eigenvalue weighted by atomic mass is 19.4. The first kappa shape index (κ1) is 19.3. The van der Waals surface area contributed by atoms with E-state index in [1.54, 1.807) is 0 Å². The molecule has 2 nitrogen and oxygen atoms in total. The molecule has 0 aromatic heterocycles. The number of ether oxygens (including phenoxy) is 2. The topological polar surface area (TPSA) is 21.8 Å². The maximum Gasteiger partial charge on any atom is 0.425 e. The van der Waals surface area contributed by atoms with Crippen LogP contribution in [0.2, 0.25) is 0 Å². The molecule has 132 valence electrons. The summed E-state index contributed by atoms with van der Waals surface area (Å²) >= 11 is 0. The van der Waals surface area contributed by atoms with Crippen LogP contribution in [0.25, 0.3) is 0 Å². The van der Waals surface area contributed by atoms with Crippen LogP contribution in [0, 0.1) is 0 Å². The van der Waals surface area contributed by atoms with Crippen LogP contribution in [-0.2, 0) is 9.47 Å². The van der Waals surface area contributed by atoms with Gasteiger partial charge in [-0.15, -0.1) is 0 Å². The number of hydrogen-bond donors (Lipinski definition) is 0. The summed E-state index contributed by atoms with van der Waals surface area (Å²) in [4.78, 5) is 0. The van der Waals surface area contributed by atoms with Crippen molar-refractivity contribution in [2.24, 2.45) is 0 Å². The first-order chi connectivity index (χ1) is 9.71. The van der Waals surface area contributed by atoms with Gasteiger partial charge in [0.05, 0.1) is 13.2 Å². The summed E-state index contributed by atoms with van der Waals surface area (Å²) in [5.74, 6) is -12.4. The van der Waals surface area contributed by atoms with Gasteiger partial charge < -0.3 is 9.47 Å². The van der Waals surface area contributed by atoms with Gasteiger partial charge in [-0.3, -0.25) is 0 Å². The molecular formula is C10H10F10O2. The summed E-state index contributed by atoms with van der Waals surface area (Å²) in [5.41, 5.74) is 0. The van der Waals surface area contributed by atoms with E-state index in [2.05, 4.69) is 9.47 Å². The van der Waals surface area contributed by atoms with Crippen LogP contribution in [-0.4, -0.2) is 49.6 Å². The molecule has 0 aromatic rings. The molecule has 1 saturated heterocycles. The third kappa shape index (κ3) is 4.37. The van der Waals surface area contributed by atoms with E-state index in [4.69, 9.17) is 0 Å². The molecule has 1 rings (SSSR count). The second-order valence-electron chi connectivity index (χ2n) is 4.60. The molecule has 1 heterocycles. The lowest BCUT2D eigenvalue weighted by atomic mass is 10.0. The number of rotatable bonds is 8. The fourth-order valence-corrected chi connectivity index (χ4v) is 1.31. The monoisotopic (exact) mass is 352 g/mol. The third-order valence-corrected chi connectivity index (χ3v) is 2.71. The molecule has 2 unspecified atom stereocenters. The van der Waals surface area contributed by atoms with Crippen LogP contribution in [0.1, 0.15) is 12.8 Å². The van der Waals surface area contributed by atoms with Crippen molar-refractivity contribution in [1.29, 1.82) is 0 Å². The second-order valence-corrected chi connectivity index (χ2v) is 4.60. The highest BCUT2D eigenvalue weighted by molar-refractivity contribution is 4.97. The van der Waals surface area contributed by atoms with Crippen molar-refractivity contribution in [3.63, 3.8) is 0 Å². The van der Waals surface area contributed by atoms with Gasteiger partial charge in [-0.05, 0) is 6.42 Å². The van der Waals surface area contributed by atoms with Gasteiger partial charge in [-0.25, -0.2) is 4.39 Å². The van der Waals surface area contributed by atoms with Gasteiger partial charge in [0.15, 0.2) is 6.17 Å². The van der Waals surface area contributed by atoms with Crippen LogP contribution in [0.15, 0.2) is 0 Å². The number of epoxide rings is 1. The van der Waals surface area contributed by atoms with Crippen molar-refractivity contribution >= 4 is 0 Å². The quantitative estimate of drug-likeness (QED) is 0.488. The summed E-state index contributed by atoms with van der Waals surface area (Å²) in [5, 5.41) is 0. The number of alkyl halides is 10. The molecule has 0 bridgehead atoms. The highest BCUT2D eigenvalue weighted by Gasteiger charge is 2.75. The van der Waals surface area contributed by atoms with E-state index in [0.717, 1.165) is 0 Å². The molecule has 0 N–H and O–H groups in total. The molecule has 1 aliphatic rings. The fraction of sp³-hybridized carbons (Fsp3) is 1.00. The third-order valence-electron chi connectivity index (χ3n) is 2.71. The van der Waals surface area contributed by atoms with Gasteiger partial charge in [0.1, 0.15) is 6.10 Å². The zero-order valence-electron chi connectivity index (χ0n) is 10.6. The van der Waals surface area contributed by atoms with Crippen LogP contribution in [0.3, 0.4) is 0 Å². The van der Waals surface area contributed by atoms with Crippen LogP contribution >= 0.6 is 0 Å². The Morgan fingerprint density at radius 1 is 1.00 bits per heavy atom. The minimum atomic E-state index is -6.33. The molecule has 0 saturated carbocycles. The van der Waals surface area contributed by atoms with Gasteiger partial charge >= 0.3 is 24.1 Å². The highest BCUT2D eigenvalue weighted by Crippen LogP contribution is 2.50. The van der Waals surface area contributed by atoms with Gasteiger partial charge in [0.2, 0.25) is 0 Å². The number of hydrogen-bond acceptors (Lipinski definition) is 2. The summed E-state index contributed by atoms with van der Waals surface area (Å²) < 4.78 is 135.